The van der Waals surface area contributed by atoms with Gasteiger partial charge < -0.3 is 9.88 Å². The van der Waals surface area contributed by atoms with Crippen molar-refractivity contribution >= 4 is 23.4 Å². The van der Waals surface area contributed by atoms with Gasteiger partial charge in [0.1, 0.15) is 5.82 Å². The van der Waals surface area contributed by atoms with Gasteiger partial charge in [0.05, 0.1) is 6.54 Å². The number of aryl methyl sites for hydroxylation is 2. The second kappa shape index (κ2) is 10.1. The van der Waals surface area contributed by atoms with E-state index in [0.29, 0.717) is 12.5 Å². The van der Waals surface area contributed by atoms with Gasteiger partial charge >= 0.3 is 0 Å². The lowest BCUT2D eigenvalue weighted by molar-refractivity contribution is -0.117. The summed E-state index contributed by atoms with van der Waals surface area (Å²) < 4.78 is 2.13. The first-order chi connectivity index (χ1) is 16.2. The largest absolute Gasteiger partial charge is 0.325 e. The highest BCUT2D eigenvalue weighted by molar-refractivity contribution is 7.98. The quantitative estimate of drug-likeness (QED) is 0.528. The van der Waals surface area contributed by atoms with Crippen molar-refractivity contribution in [1.29, 1.82) is 0 Å². The van der Waals surface area contributed by atoms with E-state index in [1.165, 1.54) is 23.1 Å². The fourth-order valence-corrected chi connectivity index (χ4v) is 5.87. The molecule has 1 aliphatic heterocycles. The molecular formula is C26H31N5OS. The molecule has 2 aromatic carbocycles. The van der Waals surface area contributed by atoms with Gasteiger partial charge in [-0.2, -0.15) is 0 Å². The van der Waals surface area contributed by atoms with Crippen molar-refractivity contribution in [2.75, 3.05) is 25.0 Å². The molecule has 0 bridgehead atoms. The summed E-state index contributed by atoms with van der Waals surface area (Å²) in [5, 5.41) is 13.0. The highest BCUT2D eigenvalue weighted by atomic mass is 32.2. The average Bonchev–Trinajstić information content (AvgIpc) is 3.44. The molecular weight excluding hydrogens is 430 g/mol. The van der Waals surface area contributed by atoms with Gasteiger partial charge in [-0.25, -0.2) is 0 Å². The monoisotopic (exact) mass is 461 g/mol. The van der Waals surface area contributed by atoms with Crippen molar-refractivity contribution in [3.8, 4) is 0 Å². The molecule has 1 amide bonds. The molecule has 0 saturated carbocycles. The fraction of sp³-hybridized carbons (Fsp3) is 0.423. The Hall–Kier alpha value is -2.64. The fourth-order valence-electron chi connectivity index (χ4n) is 4.99. The molecule has 6 nitrogen and oxygen atoms in total. The number of carbonyl (C=O) groups is 1. The van der Waals surface area contributed by atoms with E-state index >= 15 is 0 Å². The third-order valence-corrected chi connectivity index (χ3v) is 7.79. The molecule has 0 spiro atoms. The number of hydrogen-bond acceptors (Lipinski definition) is 5. The number of amides is 1. The zero-order chi connectivity index (χ0) is 22.6. The third-order valence-electron chi connectivity index (χ3n) is 6.70. The average molecular weight is 462 g/mol. The molecule has 1 saturated heterocycles. The van der Waals surface area contributed by atoms with Crippen LogP contribution >= 0.6 is 11.8 Å². The lowest BCUT2D eigenvalue weighted by Crippen LogP contribution is -2.40. The van der Waals surface area contributed by atoms with Crippen molar-refractivity contribution in [1.82, 2.24) is 19.7 Å². The van der Waals surface area contributed by atoms with Gasteiger partial charge in [-0.15, -0.1) is 10.2 Å². The summed E-state index contributed by atoms with van der Waals surface area (Å²) in [5.41, 5.74) is 5.01. The number of thioether (sulfide) groups is 1. The van der Waals surface area contributed by atoms with Gasteiger partial charge in [0.15, 0.2) is 5.16 Å². The molecule has 1 aliphatic carbocycles. The van der Waals surface area contributed by atoms with Gasteiger partial charge in [-0.3, -0.25) is 9.69 Å². The van der Waals surface area contributed by atoms with E-state index in [2.05, 4.69) is 68.4 Å². The number of nitrogens with one attached hydrogen (secondary N) is 1. The Morgan fingerprint density at radius 2 is 1.94 bits per heavy atom. The Morgan fingerprint density at radius 3 is 2.82 bits per heavy atom. The van der Waals surface area contributed by atoms with E-state index in [4.69, 9.17) is 0 Å². The lowest BCUT2D eigenvalue weighted by Gasteiger charge is -2.31. The smallest absolute Gasteiger partial charge is 0.238 e. The summed E-state index contributed by atoms with van der Waals surface area (Å²) in [5.74, 6) is 2.27. The number of aromatic nitrogens is 3. The predicted molar refractivity (Wildman–Crippen MR) is 133 cm³/mol. The summed E-state index contributed by atoms with van der Waals surface area (Å²) in [6.45, 7) is 2.20. The lowest BCUT2D eigenvalue weighted by atomic mass is 9.97. The van der Waals surface area contributed by atoms with E-state index in [9.17, 15) is 4.79 Å². The molecule has 5 rings (SSSR count). The van der Waals surface area contributed by atoms with Crippen molar-refractivity contribution in [3.63, 3.8) is 0 Å². The molecule has 7 heteroatoms. The summed E-state index contributed by atoms with van der Waals surface area (Å²) in [6, 6.07) is 16.8. The van der Waals surface area contributed by atoms with E-state index in [-0.39, 0.29) is 5.91 Å². The van der Waals surface area contributed by atoms with Crippen LogP contribution in [-0.2, 0) is 30.4 Å². The Balaban J connectivity index is 1.17. The summed E-state index contributed by atoms with van der Waals surface area (Å²) in [4.78, 5) is 15.0. The Bertz CT molecular complexity index is 1110. The van der Waals surface area contributed by atoms with Crippen LogP contribution in [0.3, 0.4) is 0 Å². The molecule has 1 unspecified atom stereocenters. The van der Waals surface area contributed by atoms with Crippen molar-refractivity contribution in [3.05, 3.63) is 71.0 Å². The number of likely N-dealkylation sites (tertiary alicyclic amines) is 1. The summed E-state index contributed by atoms with van der Waals surface area (Å²) in [7, 11) is 2.06. The highest BCUT2D eigenvalue weighted by Crippen LogP contribution is 2.29. The van der Waals surface area contributed by atoms with Crippen LogP contribution < -0.4 is 5.32 Å². The van der Waals surface area contributed by atoms with E-state index in [1.54, 1.807) is 11.8 Å². The Labute approximate surface area is 199 Å². The van der Waals surface area contributed by atoms with Crippen LogP contribution in [0, 0.1) is 0 Å². The minimum atomic E-state index is 0.0608. The van der Waals surface area contributed by atoms with Crippen LogP contribution in [0.1, 0.15) is 47.7 Å². The van der Waals surface area contributed by atoms with Crippen molar-refractivity contribution in [2.45, 2.75) is 48.9 Å². The van der Waals surface area contributed by atoms with Gasteiger partial charge in [-0.05, 0) is 67.5 Å². The SMILES string of the molecule is Cn1c(SCc2ccccc2)nnc1C1CCCN(CC(=O)Nc2ccc3c(c2)CCC3)C1. The maximum Gasteiger partial charge on any atom is 0.238 e. The van der Waals surface area contributed by atoms with Gasteiger partial charge in [0, 0.05) is 31.0 Å². The zero-order valence-electron chi connectivity index (χ0n) is 19.2. The first-order valence-corrected chi connectivity index (χ1v) is 12.8. The minimum Gasteiger partial charge on any atom is -0.325 e. The van der Waals surface area contributed by atoms with Crippen LogP contribution in [0.4, 0.5) is 5.69 Å². The van der Waals surface area contributed by atoms with Gasteiger partial charge in [-0.1, -0.05) is 48.2 Å². The second-order valence-electron chi connectivity index (χ2n) is 9.13. The molecule has 2 heterocycles. The number of piperidine rings is 1. The maximum atomic E-state index is 12.7. The van der Waals surface area contributed by atoms with Crippen molar-refractivity contribution in [2.24, 2.45) is 7.05 Å². The molecule has 1 aromatic heterocycles. The first-order valence-electron chi connectivity index (χ1n) is 11.9. The molecule has 2 aliphatic rings. The number of benzene rings is 2. The van der Waals surface area contributed by atoms with Gasteiger partial charge in [0.2, 0.25) is 5.91 Å². The summed E-state index contributed by atoms with van der Waals surface area (Å²) >= 11 is 1.72. The van der Waals surface area contributed by atoms with Crippen LogP contribution in [0.5, 0.6) is 0 Å². The summed E-state index contributed by atoms with van der Waals surface area (Å²) in [6.07, 6.45) is 5.65. The molecule has 0 radical (unpaired) electrons. The second-order valence-corrected chi connectivity index (χ2v) is 10.1. The first kappa shape index (κ1) is 22.2. The molecule has 1 atom stereocenters. The number of fused-ring (bicyclic) bond motifs is 1. The number of rotatable bonds is 7. The third kappa shape index (κ3) is 5.31. The topological polar surface area (TPSA) is 63.1 Å². The van der Waals surface area contributed by atoms with Crippen LogP contribution in [0.25, 0.3) is 0 Å². The molecule has 1 fully saturated rings. The Morgan fingerprint density at radius 1 is 1.09 bits per heavy atom. The van der Waals surface area contributed by atoms with E-state index in [0.717, 1.165) is 61.2 Å². The predicted octanol–water partition coefficient (Wildman–Crippen LogP) is 4.41. The number of carbonyl (C=O) groups excluding carboxylic acids is 1. The zero-order valence-corrected chi connectivity index (χ0v) is 20.0. The number of nitrogens with zero attached hydrogens (tertiary/aromatic N) is 4. The van der Waals surface area contributed by atoms with Crippen molar-refractivity contribution < 1.29 is 4.79 Å². The van der Waals surface area contributed by atoms with E-state index in [1.807, 2.05) is 12.1 Å². The standard InChI is InChI=1S/C26H31N5OS/c1-30-25(28-29-26(30)33-18-19-7-3-2-4-8-19)22-11-6-14-31(16-22)17-24(32)27-23-13-12-20-9-5-10-21(20)15-23/h2-4,7-8,12-13,15,22H,5-6,9-11,14,16-18H2,1H3,(H,27,32). The van der Waals surface area contributed by atoms with E-state index < -0.39 is 0 Å². The van der Waals surface area contributed by atoms with Crippen LogP contribution in [-0.4, -0.2) is 45.2 Å². The molecule has 33 heavy (non-hydrogen) atoms. The Kier molecular flexibility index (Phi) is 6.78. The molecule has 3 aromatic rings. The van der Waals surface area contributed by atoms with Crippen LogP contribution in [0.15, 0.2) is 53.7 Å². The molecule has 172 valence electrons. The van der Waals surface area contributed by atoms with Crippen LogP contribution in [0.2, 0.25) is 0 Å². The normalized spacial score (nSPS) is 18.3. The highest BCUT2D eigenvalue weighted by Gasteiger charge is 2.27. The number of anilines is 1. The number of hydrogen-bond donors (Lipinski definition) is 1. The minimum absolute atomic E-state index is 0.0608. The van der Waals surface area contributed by atoms with Gasteiger partial charge in [0.25, 0.3) is 0 Å². The maximum absolute atomic E-state index is 12.7. The molecule has 1 N–H and O–H groups in total.